The van der Waals surface area contributed by atoms with Gasteiger partial charge in [0, 0.05) is 17.9 Å². The van der Waals surface area contributed by atoms with Crippen LogP contribution in [-0.4, -0.2) is 39.6 Å². The van der Waals surface area contributed by atoms with E-state index in [1.54, 1.807) is 23.6 Å². The Bertz CT molecular complexity index is 1170. The average molecular weight is 476 g/mol. The minimum Gasteiger partial charge on any atom is -0.493 e. The number of hydrogen-bond donors (Lipinski definition) is 1. The summed E-state index contributed by atoms with van der Waals surface area (Å²) >= 11 is 1.65. The molecule has 4 aromatic rings. The van der Waals surface area contributed by atoms with Crippen LogP contribution in [0.4, 0.5) is 0 Å². The Morgan fingerprint density at radius 2 is 1.79 bits per heavy atom. The smallest absolute Gasteiger partial charge is 0.214 e. The van der Waals surface area contributed by atoms with Crippen molar-refractivity contribution in [1.82, 2.24) is 25.5 Å². The molecule has 0 aliphatic rings. The second-order valence-corrected chi connectivity index (χ2v) is 8.87. The highest BCUT2D eigenvalue weighted by molar-refractivity contribution is 7.99. The maximum Gasteiger partial charge on any atom is 0.214 e. The van der Waals surface area contributed by atoms with Crippen LogP contribution < -0.4 is 14.8 Å². The highest BCUT2D eigenvalue weighted by Gasteiger charge is 2.11. The molecule has 1 aromatic heterocycles. The van der Waals surface area contributed by atoms with E-state index in [-0.39, 0.29) is 0 Å². The van der Waals surface area contributed by atoms with Gasteiger partial charge in [0.2, 0.25) is 5.16 Å². The molecule has 0 saturated heterocycles. The highest BCUT2D eigenvalue weighted by atomic mass is 32.2. The Labute approximate surface area is 204 Å². The first-order chi connectivity index (χ1) is 16.7. The number of tetrazole rings is 1. The molecule has 7 nitrogen and oxygen atoms in total. The van der Waals surface area contributed by atoms with E-state index in [1.807, 2.05) is 42.5 Å². The van der Waals surface area contributed by atoms with Gasteiger partial charge in [-0.1, -0.05) is 71.9 Å². The molecular weight excluding hydrogens is 446 g/mol. The summed E-state index contributed by atoms with van der Waals surface area (Å²) in [6.45, 7) is 4.15. The number of aryl methyl sites for hydroxylation is 1. The molecule has 0 aliphatic heterocycles. The Morgan fingerprint density at radius 3 is 2.59 bits per heavy atom. The van der Waals surface area contributed by atoms with Crippen LogP contribution in [0.25, 0.3) is 5.69 Å². The van der Waals surface area contributed by atoms with Crippen LogP contribution in [-0.2, 0) is 13.2 Å². The second kappa shape index (κ2) is 12.2. The number of nitrogens with one attached hydrogen (secondary N) is 1. The summed E-state index contributed by atoms with van der Waals surface area (Å²) in [6, 6.07) is 24.3. The molecular formula is C26H29N5O2S. The van der Waals surface area contributed by atoms with Crippen molar-refractivity contribution in [3.63, 3.8) is 0 Å². The van der Waals surface area contributed by atoms with Crippen molar-refractivity contribution in [1.29, 1.82) is 0 Å². The fourth-order valence-corrected chi connectivity index (χ4v) is 4.28. The fraction of sp³-hybridized carbons (Fsp3) is 0.269. The first-order valence-corrected chi connectivity index (χ1v) is 12.2. The molecule has 4 rings (SSSR count). The van der Waals surface area contributed by atoms with Crippen molar-refractivity contribution in [2.75, 3.05) is 19.4 Å². The van der Waals surface area contributed by atoms with Crippen LogP contribution in [0.2, 0.25) is 0 Å². The molecule has 0 bridgehead atoms. The molecule has 176 valence electrons. The van der Waals surface area contributed by atoms with Crippen molar-refractivity contribution < 1.29 is 9.47 Å². The molecule has 0 saturated carbocycles. The minimum absolute atomic E-state index is 0.500. The molecule has 0 unspecified atom stereocenters. The zero-order valence-electron chi connectivity index (χ0n) is 19.5. The van der Waals surface area contributed by atoms with E-state index >= 15 is 0 Å². The molecule has 3 aromatic carbocycles. The van der Waals surface area contributed by atoms with Gasteiger partial charge in [0.25, 0.3) is 0 Å². The number of nitrogens with zero attached hydrogens (tertiary/aromatic N) is 4. The molecule has 0 fully saturated rings. The number of ether oxygens (including phenoxy) is 2. The summed E-state index contributed by atoms with van der Waals surface area (Å²) in [4.78, 5) is 0. The molecule has 1 N–H and O–H groups in total. The third kappa shape index (κ3) is 6.36. The normalized spacial score (nSPS) is 10.9. The van der Waals surface area contributed by atoms with Gasteiger partial charge >= 0.3 is 0 Å². The van der Waals surface area contributed by atoms with Crippen LogP contribution in [0.15, 0.2) is 78.0 Å². The van der Waals surface area contributed by atoms with Gasteiger partial charge in [-0.2, -0.15) is 4.68 Å². The largest absolute Gasteiger partial charge is 0.493 e. The number of methoxy groups -OCH3 is 1. The lowest BCUT2D eigenvalue weighted by Crippen LogP contribution is -2.16. The molecule has 1 heterocycles. The van der Waals surface area contributed by atoms with E-state index in [0.717, 1.165) is 52.2 Å². The lowest BCUT2D eigenvalue weighted by molar-refractivity contribution is 0.280. The van der Waals surface area contributed by atoms with Gasteiger partial charge in [-0.3, -0.25) is 0 Å². The Morgan fingerprint density at radius 1 is 0.971 bits per heavy atom. The van der Waals surface area contributed by atoms with E-state index in [4.69, 9.17) is 9.47 Å². The van der Waals surface area contributed by atoms with Crippen LogP contribution in [0.3, 0.4) is 0 Å². The topological polar surface area (TPSA) is 74.1 Å². The van der Waals surface area contributed by atoms with Crippen molar-refractivity contribution in [2.24, 2.45) is 0 Å². The number of para-hydroxylation sites is 2. The van der Waals surface area contributed by atoms with Gasteiger partial charge in [0.15, 0.2) is 11.5 Å². The highest BCUT2D eigenvalue weighted by Crippen LogP contribution is 2.32. The molecule has 0 spiro atoms. The Balaban J connectivity index is 1.26. The van der Waals surface area contributed by atoms with Gasteiger partial charge in [-0.15, -0.1) is 5.10 Å². The lowest BCUT2D eigenvalue weighted by Gasteiger charge is -2.16. The van der Waals surface area contributed by atoms with Gasteiger partial charge < -0.3 is 14.8 Å². The first kappa shape index (κ1) is 23.8. The number of benzene rings is 3. The number of aromatic nitrogens is 4. The first-order valence-electron chi connectivity index (χ1n) is 11.3. The molecule has 0 atom stereocenters. The van der Waals surface area contributed by atoms with Gasteiger partial charge in [-0.05, 0) is 54.1 Å². The fourth-order valence-electron chi connectivity index (χ4n) is 3.45. The zero-order chi connectivity index (χ0) is 23.6. The standard InChI is InChI=1S/C26H29N5O2S/c1-20-12-14-21(15-13-20)19-33-25-22(8-6-11-24(25)32-2)18-27-16-7-17-34-26-28-29-30-31(26)23-9-4-3-5-10-23/h3-6,8-15,27H,7,16-19H2,1-2H3. The lowest BCUT2D eigenvalue weighted by atomic mass is 10.1. The van der Waals surface area contributed by atoms with E-state index in [2.05, 4.69) is 58.1 Å². The third-order valence-electron chi connectivity index (χ3n) is 5.27. The summed E-state index contributed by atoms with van der Waals surface area (Å²) in [7, 11) is 1.67. The Kier molecular flexibility index (Phi) is 8.54. The molecule has 0 amide bonds. The predicted molar refractivity (Wildman–Crippen MR) is 135 cm³/mol. The summed E-state index contributed by atoms with van der Waals surface area (Å²) < 4.78 is 13.5. The molecule has 8 heteroatoms. The van der Waals surface area contributed by atoms with Crippen LogP contribution in [0.5, 0.6) is 11.5 Å². The Hall–Kier alpha value is -3.36. The minimum atomic E-state index is 0.500. The summed E-state index contributed by atoms with van der Waals surface area (Å²) in [5.74, 6) is 2.44. The van der Waals surface area contributed by atoms with Crippen molar-refractivity contribution >= 4 is 11.8 Å². The molecule has 34 heavy (non-hydrogen) atoms. The van der Waals surface area contributed by atoms with Gasteiger partial charge in [0.1, 0.15) is 6.61 Å². The molecule has 0 radical (unpaired) electrons. The van der Waals surface area contributed by atoms with Crippen LogP contribution in [0, 0.1) is 6.92 Å². The molecule has 0 aliphatic carbocycles. The SMILES string of the molecule is COc1cccc(CNCCCSc2nnnn2-c2ccccc2)c1OCc1ccc(C)cc1. The van der Waals surface area contributed by atoms with Crippen molar-refractivity contribution in [2.45, 2.75) is 31.7 Å². The predicted octanol–water partition coefficient (Wildman–Crippen LogP) is 4.83. The maximum absolute atomic E-state index is 6.17. The van der Waals surface area contributed by atoms with Crippen molar-refractivity contribution in [3.8, 4) is 17.2 Å². The van der Waals surface area contributed by atoms with Crippen LogP contribution in [0.1, 0.15) is 23.1 Å². The van der Waals surface area contributed by atoms with Crippen LogP contribution >= 0.6 is 11.8 Å². The van der Waals surface area contributed by atoms with Crippen molar-refractivity contribution in [3.05, 3.63) is 89.5 Å². The van der Waals surface area contributed by atoms with E-state index < -0.39 is 0 Å². The summed E-state index contributed by atoms with van der Waals surface area (Å²) in [6.07, 6.45) is 0.982. The second-order valence-electron chi connectivity index (χ2n) is 7.81. The van der Waals surface area contributed by atoms with E-state index in [0.29, 0.717) is 13.2 Å². The average Bonchev–Trinajstić information content (AvgIpc) is 3.35. The quantitative estimate of drug-likeness (QED) is 0.232. The zero-order valence-corrected chi connectivity index (χ0v) is 20.3. The third-order valence-corrected chi connectivity index (χ3v) is 6.28. The van der Waals surface area contributed by atoms with E-state index in [1.165, 1.54) is 5.56 Å². The van der Waals surface area contributed by atoms with Gasteiger partial charge in [0.05, 0.1) is 12.8 Å². The monoisotopic (exact) mass is 475 g/mol. The number of rotatable bonds is 12. The van der Waals surface area contributed by atoms with E-state index in [9.17, 15) is 0 Å². The summed E-state index contributed by atoms with van der Waals surface area (Å²) in [5.41, 5.74) is 4.40. The summed E-state index contributed by atoms with van der Waals surface area (Å²) in [5, 5.41) is 16.4. The maximum atomic E-state index is 6.17. The number of thioether (sulfide) groups is 1. The van der Waals surface area contributed by atoms with Gasteiger partial charge in [-0.25, -0.2) is 0 Å². The number of hydrogen-bond acceptors (Lipinski definition) is 7.